The van der Waals surface area contributed by atoms with Gasteiger partial charge in [0.25, 0.3) is 5.91 Å². The summed E-state index contributed by atoms with van der Waals surface area (Å²) in [7, 11) is 0. The number of amides is 1. The fraction of sp³-hybridized carbons (Fsp3) is 0.500. The summed E-state index contributed by atoms with van der Waals surface area (Å²) in [5.41, 5.74) is -1.21. The predicted octanol–water partition coefficient (Wildman–Crippen LogP) is 2.71. The van der Waals surface area contributed by atoms with Gasteiger partial charge in [-0.15, -0.1) is 0 Å². The topological polar surface area (TPSA) is 64.6 Å². The highest BCUT2D eigenvalue weighted by Gasteiger charge is 2.35. The molecule has 2 rings (SSSR count). The van der Waals surface area contributed by atoms with Crippen LogP contribution in [0.4, 0.5) is 0 Å². The summed E-state index contributed by atoms with van der Waals surface area (Å²) in [4.78, 5) is 24.0. The third-order valence-corrected chi connectivity index (χ3v) is 3.51. The molecule has 120 valence electrons. The van der Waals surface area contributed by atoms with E-state index in [1.54, 1.807) is 45.0 Å². The molecule has 1 atom stereocenters. The summed E-state index contributed by atoms with van der Waals surface area (Å²) in [5.74, 6) is -0.375. The van der Waals surface area contributed by atoms with Crippen LogP contribution in [0, 0.1) is 0 Å². The second kappa shape index (κ2) is 6.57. The molecule has 1 unspecified atom stereocenters. The van der Waals surface area contributed by atoms with Crippen LogP contribution >= 0.6 is 11.6 Å². The molecular weight excluding hydrogens is 306 g/mol. The standard InChI is InChI=1S/C16H20ClNO4/c1-10(14(19)18-12-6-7-12)21-15(20)16(2,3)22-13-8-4-11(17)5-9-13/h4-5,8-10,12H,6-7H2,1-3H3,(H,18,19). The molecule has 1 aliphatic carbocycles. The maximum Gasteiger partial charge on any atom is 0.350 e. The summed E-state index contributed by atoms with van der Waals surface area (Å²) in [6, 6.07) is 6.90. The van der Waals surface area contributed by atoms with Crippen molar-refractivity contribution in [3.05, 3.63) is 29.3 Å². The van der Waals surface area contributed by atoms with Crippen LogP contribution in [0.5, 0.6) is 5.75 Å². The van der Waals surface area contributed by atoms with Crippen molar-refractivity contribution in [2.24, 2.45) is 0 Å². The van der Waals surface area contributed by atoms with Crippen LogP contribution < -0.4 is 10.1 Å². The normalized spacial score (nSPS) is 15.8. The number of ether oxygens (including phenoxy) is 2. The first-order valence-corrected chi connectivity index (χ1v) is 7.62. The van der Waals surface area contributed by atoms with Crippen LogP contribution in [-0.4, -0.2) is 29.6 Å². The number of esters is 1. The molecule has 0 saturated heterocycles. The molecule has 0 bridgehead atoms. The number of benzene rings is 1. The average molecular weight is 326 g/mol. The smallest absolute Gasteiger partial charge is 0.350 e. The zero-order chi connectivity index (χ0) is 16.3. The first-order chi connectivity index (χ1) is 10.3. The van der Waals surface area contributed by atoms with E-state index in [0.29, 0.717) is 10.8 Å². The molecule has 1 aromatic carbocycles. The Bertz CT molecular complexity index is 552. The summed E-state index contributed by atoms with van der Waals surface area (Å²) >= 11 is 5.80. The fourth-order valence-corrected chi connectivity index (χ4v) is 1.87. The van der Waals surface area contributed by atoms with Crippen molar-refractivity contribution in [1.29, 1.82) is 0 Å². The van der Waals surface area contributed by atoms with Crippen LogP contribution in [-0.2, 0) is 14.3 Å². The molecule has 1 fully saturated rings. The van der Waals surface area contributed by atoms with E-state index in [-0.39, 0.29) is 11.9 Å². The quantitative estimate of drug-likeness (QED) is 0.817. The van der Waals surface area contributed by atoms with Crippen LogP contribution in [0.2, 0.25) is 5.02 Å². The van der Waals surface area contributed by atoms with Crippen molar-refractivity contribution in [3.8, 4) is 5.75 Å². The number of hydrogen-bond donors (Lipinski definition) is 1. The maximum atomic E-state index is 12.2. The molecule has 22 heavy (non-hydrogen) atoms. The van der Waals surface area contributed by atoms with E-state index >= 15 is 0 Å². The van der Waals surface area contributed by atoms with Crippen LogP contribution in [0.25, 0.3) is 0 Å². The minimum absolute atomic E-state index is 0.229. The molecule has 0 radical (unpaired) electrons. The molecule has 6 heteroatoms. The summed E-state index contributed by atoms with van der Waals surface area (Å²) in [5, 5.41) is 3.38. The van der Waals surface area contributed by atoms with Gasteiger partial charge in [-0.1, -0.05) is 11.6 Å². The van der Waals surface area contributed by atoms with Crippen LogP contribution in [0.3, 0.4) is 0 Å². The molecule has 0 aromatic heterocycles. The molecule has 1 aliphatic rings. The SMILES string of the molecule is CC(OC(=O)C(C)(C)Oc1ccc(Cl)cc1)C(=O)NC1CC1. The van der Waals surface area contributed by atoms with Gasteiger partial charge in [-0.2, -0.15) is 0 Å². The van der Waals surface area contributed by atoms with Gasteiger partial charge < -0.3 is 14.8 Å². The zero-order valence-electron chi connectivity index (χ0n) is 12.9. The first-order valence-electron chi connectivity index (χ1n) is 7.24. The Labute approximate surface area is 134 Å². The molecule has 1 amide bonds. The van der Waals surface area contributed by atoms with E-state index in [1.165, 1.54) is 0 Å². The Balaban J connectivity index is 1.91. The lowest BCUT2D eigenvalue weighted by Crippen LogP contribution is -2.44. The van der Waals surface area contributed by atoms with E-state index in [4.69, 9.17) is 21.1 Å². The minimum atomic E-state index is -1.21. The predicted molar refractivity (Wildman–Crippen MR) is 82.9 cm³/mol. The van der Waals surface area contributed by atoms with Gasteiger partial charge in [0.1, 0.15) is 5.75 Å². The Morgan fingerprint density at radius 2 is 1.86 bits per heavy atom. The zero-order valence-corrected chi connectivity index (χ0v) is 13.6. The van der Waals surface area contributed by atoms with Crippen molar-refractivity contribution in [2.45, 2.75) is 51.4 Å². The van der Waals surface area contributed by atoms with E-state index in [9.17, 15) is 9.59 Å². The van der Waals surface area contributed by atoms with Gasteiger partial charge in [0.2, 0.25) is 0 Å². The second-order valence-corrected chi connectivity index (χ2v) is 6.33. The Morgan fingerprint density at radius 3 is 2.41 bits per heavy atom. The van der Waals surface area contributed by atoms with E-state index < -0.39 is 17.7 Å². The molecule has 1 N–H and O–H groups in total. The fourth-order valence-electron chi connectivity index (χ4n) is 1.74. The highest BCUT2D eigenvalue weighted by molar-refractivity contribution is 6.30. The number of nitrogens with one attached hydrogen (secondary N) is 1. The van der Waals surface area contributed by atoms with E-state index in [1.807, 2.05) is 0 Å². The molecular formula is C16H20ClNO4. The Morgan fingerprint density at radius 1 is 1.27 bits per heavy atom. The van der Waals surface area contributed by atoms with E-state index in [2.05, 4.69) is 5.32 Å². The van der Waals surface area contributed by atoms with Gasteiger partial charge in [-0.3, -0.25) is 4.79 Å². The largest absolute Gasteiger partial charge is 0.476 e. The van der Waals surface area contributed by atoms with Gasteiger partial charge in [0.05, 0.1) is 0 Å². The molecule has 0 heterocycles. The monoisotopic (exact) mass is 325 g/mol. The van der Waals surface area contributed by atoms with Crippen molar-refractivity contribution in [1.82, 2.24) is 5.32 Å². The van der Waals surface area contributed by atoms with Gasteiger partial charge in [0, 0.05) is 11.1 Å². The lowest BCUT2D eigenvalue weighted by molar-refractivity contribution is -0.167. The lowest BCUT2D eigenvalue weighted by atomic mass is 10.1. The first kappa shape index (κ1) is 16.6. The van der Waals surface area contributed by atoms with Gasteiger partial charge in [-0.25, -0.2) is 4.79 Å². The molecule has 1 saturated carbocycles. The summed E-state index contributed by atoms with van der Waals surface area (Å²) < 4.78 is 10.8. The number of rotatable bonds is 6. The van der Waals surface area contributed by atoms with Crippen LogP contribution in [0.1, 0.15) is 33.6 Å². The van der Waals surface area contributed by atoms with Crippen molar-refractivity contribution in [3.63, 3.8) is 0 Å². The van der Waals surface area contributed by atoms with Crippen LogP contribution in [0.15, 0.2) is 24.3 Å². The summed E-state index contributed by atoms with van der Waals surface area (Å²) in [6.07, 6.45) is 1.12. The van der Waals surface area contributed by atoms with Gasteiger partial charge in [-0.05, 0) is 57.9 Å². The number of carbonyl (C=O) groups is 2. The van der Waals surface area contributed by atoms with Gasteiger partial charge >= 0.3 is 5.97 Å². The number of halogens is 1. The highest BCUT2D eigenvalue weighted by atomic mass is 35.5. The highest BCUT2D eigenvalue weighted by Crippen LogP contribution is 2.22. The molecule has 5 nitrogen and oxygen atoms in total. The van der Waals surface area contributed by atoms with Crippen molar-refractivity contribution in [2.75, 3.05) is 0 Å². The maximum absolute atomic E-state index is 12.2. The minimum Gasteiger partial charge on any atom is -0.476 e. The van der Waals surface area contributed by atoms with Crippen molar-refractivity contribution < 1.29 is 19.1 Å². The Kier molecular flexibility index (Phi) is 4.96. The van der Waals surface area contributed by atoms with Gasteiger partial charge in [0.15, 0.2) is 11.7 Å². The molecule has 0 aliphatic heterocycles. The number of hydrogen-bond acceptors (Lipinski definition) is 4. The summed E-state index contributed by atoms with van der Waals surface area (Å²) in [6.45, 7) is 4.74. The van der Waals surface area contributed by atoms with Crippen molar-refractivity contribution >= 4 is 23.5 Å². The molecule has 1 aromatic rings. The number of carbonyl (C=O) groups excluding carboxylic acids is 2. The lowest BCUT2D eigenvalue weighted by Gasteiger charge is -2.26. The average Bonchev–Trinajstić information content (AvgIpc) is 3.25. The third-order valence-electron chi connectivity index (χ3n) is 3.26. The Hall–Kier alpha value is -1.75. The molecule has 0 spiro atoms. The third kappa shape index (κ3) is 4.63. The second-order valence-electron chi connectivity index (χ2n) is 5.90. The van der Waals surface area contributed by atoms with E-state index in [0.717, 1.165) is 12.8 Å².